The molecule has 0 aliphatic rings. The fourth-order valence-corrected chi connectivity index (χ4v) is 3.93. The largest absolute Gasteiger partial charge is 0.252 e. The lowest BCUT2D eigenvalue weighted by Crippen LogP contribution is -2.29. The molecule has 0 aliphatic carbocycles. The third-order valence-corrected chi connectivity index (χ3v) is 5.60. The molecule has 0 saturated carbocycles. The van der Waals surface area contributed by atoms with Gasteiger partial charge in [-0.3, -0.25) is 4.68 Å². The lowest BCUT2D eigenvalue weighted by atomic mass is 10.1. The normalized spacial score (nSPS) is 12.4. The van der Waals surface area contributed by atoms with Crippen molar-refractivity contribution in [3.8, 4) is 6.07 Å². The molecule has 1 heterocycles. The summed E-state index contributed by atoms with van der Waals surface area (Å²) >= 11 is 0. The Kier molecular flexibility index (Phi) is 5.64. The molecule has 1 atom stereocenters. The van der Waals surface area contributed by atoms with Crippen molar-refractivity contribution in [1.82, 2.24) is 19.5 Å². The van der Waals surface area contributed by atoms with E-state index >= 15 is 0 Å². The third-order valence-electron chi connectivity index (χ3n) is 4.11. The number of aromatic nitrogens is 3. The van der Waals surface area contributed by atoms with E-state index in [0.29, 0.717) is 13.0 Å². The smallest absolute Gasteiger partial charge is 0.252 e. The molecular formula is C19H19N5O2S. The van der Waals surface area contributed by atoms with Crippen molar-refractivity contribution in [2.24, 2.45) is 0 Å². The molecule has 27 heavy (non-hydrogen) atoms. The van der Waals surface area contributed by atoms with Gasteiger partial charge in [-0.25, -0.2) is 18.1 Å². The number of benzene rings is 2. The zero-order valence-electron chi connectivity index (χ0n) is 14.8. The Balaban J connectivity index is 1.81. The number of hydrogen-bond acceptors (Lipinski definition) is 5. The predicted octanol–water partition coefficient (Wildman–Crippen LogP) is 2.57. The van der Waals surface area contributed by atoms with E-state index in [1.807, 2.05) is 43.3 Å². The van der Waals surface area contributed by atoms with Crippen LogP contribution in [0.5, 0.6) is 0 Å². The Labute approximate surface area is 158 Å². The van der Waals surface area contributed by atoms with E-state index in [1.54, 1.807) is 24.3 Å². The fourth-order valence-electron chi connectivity index (χ4n) is 2.67. The van der Waals surface area contributed by atoms with Crippen molar-refractivity contribution in [1.29, 1.82) is 5.26 Å². The van der Waals surface area contributed by atoms with E-state index in [4.69, 9.17) is 5.26 Å². The van der Waals surface area contributed by atoms with Gasteiger partial charge < -0.3 is 0 Å². The first-order chi connectivity index (χ1) is 13.0. The maximum absolute atomic E-state index is 12.8. The first-order valence-electron chi connectivity index (χ1n) is 8.41. The van der Waals surface area contributed by atoms with E-state index in [1.165, 1.54) is 11.0 Å². The molecule has 7 nitrogen and oxygen atoms in total. The quantitative estimate of drug-likeness (QED) is 0.678. The number of nitrogens with zero attached hydrogens (tertiary/aromatic N) is 4. The van der Waals surface area contributed by atoms with E-state index < -0.39 is 16.1 Å². The third kappa shape index (κ3) is 4.78. The summed E-state index contributed by atoms with van der Waals surface area (Å²) < 4.78 is 29.9. The van der Waals surface area contributed by atoms with Gasteiger partial charge in [-0.2, -0.15) is 5.26 Å². The van der Waals surface area contributed by atoms with Crippen molar-refractivity contribution in [3.05, 3.63) is 77.9 Å². The van der Waals surface area contributed by atoms with E-state index in [9.17, 15) is 8.42 Å². The molecule has 1 N–H and O–H groups in total. The Bertz CT molecular complexity index is 1040. The van der Waals surface area contributed by atoms with Crippen molar-refractivity contribution >= 4 is 10.0 Å². The van der Waals surface area contributed by atoms with Crippen LogP contribution in [-0.2, 0) is 16.6 Å². The molecule has 3 rings (SSSR count). The minimum atomic E-state index is -3.68. The van der Waals surface area contributed by atoms with Gasteiger partial charge in [0, 0.05) is 12.6 Å². The minimum Gasteiger partial charge on any atom is -0.252 e. The van der Waals surface area contributed by atoms with Crippen LogP contribution in [0.1, 0.15) is 29.4 Å². The molecular weight excluding hydrogens is 362 g/mol. The molecule has 0 aliphatic heterocycles. The SMILES string of the molecule is Cc1ccc(S(=O)(=O)N[C@H](CCn2cnc(C#N)n2)c2ccccc2)cc1. The van der Waals surface area contributed by atoms with Gasteiger partial charge in [-0.1, -0.05) is 48.0 Å². The average molecular weight is 381 g/mol. The Morgan fingerprint density at radius 1 is 1.15 bits per heavy atom. The summed E-state index contributed by atoms with van der Waals surface area (Å²) in [5, 5.41) is 12.9. The second kappa shape index (κ2) is 8.12. The highest BCUT2D eigenvalue weighted by Gasteiger charge is 2.21. The van der Waals surface area contributed by atoms with Crippen LogP contribution in [0.3, 0.4) is 0 Å². The molecule has 0 spiro atoms. The molecule has 0 bridgehead atoms. The highest BCUT2D eigenvalue weighted by Crippen LogP contribution is 2.21. The molecule has 2 aromatic carbocycles. The summed E-state index contributed by atoms with van der Waals surface area (Å²) in [4.78, 5) is 4.09. The molecule has 138 valence electrons. The highest BCUT2D eigenvalue weighted by molar-refractivity contribution is 7.89. The van der Waals surface area contributed by atoms with Crippen LogP contribution < -0.4 is 4.72 Å². The summed E-state index contributed by atoms with van der Waals surface area (Å²) in [6.07, 6.45) is 1.93. The summed E-state index contributed by atoms with van der Waals surface area (Å²) in [5.74, 6) is 0.0893. The van der Waals surface area contributed by atoms with Crippen LogP contribution in [0, 0.1) is 18.3 Å². The first kappa shape index (κ1) is 18.8. The Morgan fingerprint density at radius 3 is 2.48 bits per heavy atom. The average Bonchev–Trinajstić information content (AvgIpc) is 3.14. The molecule has 1 aromatic heterocycles. The molecule has 3 aromatic rings. The predicted molar refractivity (Wildman–Crippen MR) is 100 cm³/mol. The summed E-state index contributed by atoms with van der Waals surface area (Å²) in [6.45, 7) is 2.33. The number of aryl methyl sites for hydroxylation is 2. The summed E-state index contributed by atoms with van der Waals surface area (Å²) in [7, 11) is -3.68. The summed E-state index contributed by atoms with van der Waals surface area (Å²) in [6, 6.07) is 17.5. The lowest BCUT2D eigenvalue weighted by molar-refractivity contribution is 0.485. The second-order valence-corrected chi connectivity index (χ2v) is 7.84. The van der Waals surface area contributed by atoms with Crippen LogP contribution in [-0.4, -0.2) is 23.2 Å². The monoisotopic (exact) mass is 381 g/mol. The van der Waals surface area contributed by atoms with E-state index in [0.717, 1.165) is 11.1 Å². The maximum atomic E-state index is 12.8. The van der Waals surface area contributed by atoms with Crippen molar-refractivity contribution in [2.75, 3.05) is 0 Å². The number of nitrogens with one attached hydrogen (secondary N) is 1. The molecule has 0 amide bonds. The molecule has 0 radical (unpaired) electrons. The van der Waals surface area contributed by atoms with Crippen LogP contribution in [0.2, 0.25) is 0 Å². The van der Waals surface area contributed by atoms with Crippen LogP contribution >= 0.6 is 0 Å². The number of rotatable bonds is 7. The Hall–Kier alpha value is -3.02. The minimum absolute atomic E-state index is 0.0893. The van der Waals surface area contributed by atoms with Gasteiger partial charge in [0.25, 0.3) is 5.82 Å². The van der Waals surface area contributed by atoms with Gasteiger partial charge >= 0.3 is 0 Å². The lowest BCUT2D eigenvalue weighted by Gasteiger charge is -2.19. The van der Waals surface area contributed by atoms with Crippen molar-refractivity contribution in [2.45, 2.75) is 30.8 Å². The number of hydrogen-bond donors (Lipinski definition) is 1. The van der Waals surface area contributed by atoms with Gasteiger partial charge in [0.2, 0.25) is 10.0 Å². The van der Waals surface area contributed by atoms with Crippen LogP contribution in [0.4, 0.5) is 0 Å². The van der Waals surface area contributed by atoms with E-state index in [-0.39, 0.29) is 10.7 Å². The van der Waals surface area contributed by atoms with E-state index in [2.05, 4.69) is 14.8 Å². The second-order valence-electron chi connectivity index (χ2n) is 6.13. The van der Waals surface area contributed by atoms with Gasteiger partial charge in [-0.15, -0.1) is 5.10 Å². The molecule has 0 saturated heterocycles. The van der Waals surface area contributed by atoms with Gasteiger partial charge in [-0.05, 0) is 31.0 Å². The van der Waals surface area contributed by atoms with Gasteiger partial charge in [0.1, 0.15) is 12.4 Å². The van der Waals surface area contributed by atoms with Crippen molar-refractivity contribution < 1.29 is 8.42 Å². The van der Waals surface area contributed by atoms with Gasteiger partial charge in [0.05, 0.1) is 4.90 Å². The highest BCUT2D eigenvalue weighted by atomic mass is 32.2. The molecule has 0 unspecified atom stereocenters. The standard InChI is InChI=1S/C19H19N5O2S/c1-15-7-9-17(10-8-15)27(25,26)23-18(16-5-3-2-4-6-16)11-12-24-14-21-19(13-20)22-24/h2-10,14,18,23H,11-12H2,1H3/t18-/m1/s1. The molecule has 8 heteroatoms. The first-order valence-corrected chi connectivity index (χ1v) is 9.90. The van der Waals surface area contributed by atoms with Crippen LogP contribution in [0.25, 0.3) is 0 Å². The number of nitriles is 1. The zero-order chi connectivity index (χ0) is 19.3. The Morgan fingerprint density at radius 2 is 1.85 bits per heavy atom. The van der Waals surface area contributed by atoms with Crippen molar-refractivity contribution in [3.63, 3.8) is 0 Å². The maximum Gasteiger partial charge on any atom is 0.252 e. The topological polar surface area (TPSA) is 101 Å². The fraction of sp³-hybridized carbons (Fsp3) is 0.211. The number of sulfonamides is 1. The van der Waals surface area contributed by atoms with Crippen LogP contribution in [0.15, 0.2) is 65.8 Å². The van der Waals surface area contributed by atoms with Gasteiger partial charge in [0.15, 0.2) is 0 Å². The summed E-state index contributed by atoms with van der Waals surface area (Å²) in [5.41, 5.74) is 1.85. The molecule has 0 fully saturated rings. The zero-order valence-corrected chi connectivity index (χ0v) is 15.6.